The van der Waals surface area contributed by atoms with Crippen molar-refractivity contribution in [3.63, 3.8) is 0 Å². The Hall–Kier alpha value is -2.63. The highest BCUT2D eigenvalue weighted by atomic mass is 19.1. The number of furan rings is 1. The van der Waals surface area contributed by atoms with Crippen molar-refractivity contribution >= 4 is 11.8 Å². The van der Waals surface area contributed by atoms with Crippen LogP contribution in [0.3, 0.4) is 0 Å². The number of hydrogen-bond donors (Lipinski definition) is 1. The molecule has 1 unspecified atom stereocenters. The standard InChI is InChI=1S/C18H19FN2O3/c19-15-4-1-3-13(9-15)6-7-20-18(23)14-10-17(22)21(11-14)12-16-5-2-8-24-16/h1-5,8-9,14H,6-7,10-12H2,(H,20,23). The van der Waals surface area contributed by atoms with Crippen molar-refractivity contribution in [1.82, 2.24) is 10.2 Å². The summed E-state index contributed by atoms with van der Waals surface area (Å²) < 4.78 is 18.3. The number of benzene rings is 1. The minimum atomic E-state index is -0.347. The molecule has 1 saturated heterocycles. The number of nitrogens with one attached hydrogen (secondary N) is 1. The van der Waals surface area contributed by atoms with Gasteiger partial charge in [-0.2, -0.15) is 0 Å². The lowest BCUT2D eigenvalue weighted by Crippen LogP contribution is -2.34. The SMILES string of the molecule is O=C(NCCc1cccc(F)c1)C1CC(=O)N(Cc2ccco2)C1. The highest BCUT2D eigenvalue weighted by molar-refractivity contribution is 5.89. The maximum Gasteiger partial charge on any atom is 0.225 e. The molecule has 2 heterocycles. The van der Waals surface area contributed by atoms with Gasteiger partial charge in [0.15, 0.2) is 0 Å². The van der Waals surface area contributed by atoms with E-state index >= 15 is 0 Å². The van der Waals surface area contributed by atoms with Crippen LogP contribution in [0.5, 0.6) is 0 Å². The molecule has 3 rings (SSSR count). The Morgan fingerprint density at radius 3 is 2.96 bits per heavy atom. The van der Waals surface area contributed by atoms with Gasteiger partial charge in [-0.3, -0.25) is 9.59 Å². The van der Waals surface area contributed by atoms with Crippen molar-refractivity contribution in [2.75, 3.05) is 13.1 Å². The summed E-state index contributed by atoms with van der Waals surface area (Å²) in [5.41, 5.74) is 0.831. The summed E-state index contributed by atoms with van der Waals surface area (Å²) in [6.07, 6.45) is 2.33. The Labute approximate surface area is 139 Å². The maximum absolute atomic E-state index is 13.1. The van der Waals surface area contributed by atoms with Crippen LogP contribution in [0.25, 0.3) is 0 Å². The number of rotatable bonds is 6. The Bertz CT molecular complexity index is 715. The van der Waals surface area contributed by atoms with E-state index in [1.165, 1.54) is 12.1 Å². The highest BCUT2D eigenvalue weighted by Crippen LogP contribution is 2.20. The molecule has 0 radical (unpaired) electrons. The predicted molar refractivity (Wildman–Crippen MR) is 85.3 cm³/mol. The van der Waals surface area contributed by atoms with Gasteiger partial charge in [-0.15, -0.1) is 0 Å². The fourth-order valence-corrected chi connectivity index (χ4v) is 2.86. The number of likely N-dealkylation sites (tertiary alicyclic amines) is 1. The summed E-state index contributed by atoms with van der Waals surface area (Å²) >= 11 is 0. The Morgan fingerprint density at radius 2 is 2.21 bits per heavy atom. The molecular weight excluding hydrogens is 311 g/mol. The molecule has 0 aliphatic carbocycles. The fourth-order valence-electron chi connectivity index (χ4n) is 2.86. The zero-order valence-electron chi connectivity index (χ0n) is 13.2. The third-order valence-electron chi connectivity index (χ3n) is 4.11. The van der Waals surface area contributed by atoms with Crippen LogP contribution in [-0.2, 0) is 22.6 Å². The third-order valence-corrected chi connectivity index (χ3v) is 4.11. The first kappa shape index (κ1) is 16.2. The van der Waals surface area contributed by atoms with Crippen molar-refractivity contribution in [3.8, 4) is 0 Å². The molecule has 1 N–H and O–H groups in total. The third kappa shape index (κ3) is 4.01. The van der Waals surface area contributed by atoms with Crippen LogP contribution in [0.4, 0.5) is 4.39 Å². The van der Waals surface area contributed by atoms with E-state index in [0.29, 0.717) is 31.8 Å². The molecule has 2 amide bonds. The molecule has 2 aromatic rings. The molecule has 1 aromatic heterocycles. The van der Waals surface area contributed by atoms with Crippen LogP contribution in [0, 0.1) is 11.7 Å². The van der Waals surface area contributed by atoms with Gasteiger partial charge in [0.2, 0.25) is 11.8 Å². The Morgan fingerprint density at radius 1 is 1.33 bits per heavy atom. The molecule has 0 spiro atoms. The molecule has 0 bridgehead atoms. The molecule has 1 fully saturated rings. The Kier molecular flexibility index (Phi) is 4.93. The summed E-state index contributed by atoms with van der Waals surface area (Å²) in [7, 11) is 0. The smallest absolute Gasteiger partial charge is 0.225 e. The number of halogens is 1. The lowest BCUT2D eigenvalue weighted by atomic mass is 10.1. The summed E-state index contributed by atoms with van der Waals surface area (Å²) in [6.45, 7) is 1.20. The van der Waals surface area contributed by atoms with Gasteiger partial charge in [-0.05, 0) is 36.2 Å². The van der Waals surface area contributed by atoms with Crippen molar-refractivity contribution in [1.29, 1.82) is 0 Å². The van der Waals surface area contributed by atoms with Crippen LogP contribution < -0.4 is 5.32 Å². The molecule has 126 valence electrons. The predicted octanol–water partition coefficient (Wildman–Crippen LogP) is 2.13. The van der Waals surface area contributed by atoms with Crippen LogP contribution in [0.1, 0.15) is 17.7 Å². The first-order valence-electron chi connectivity index (χ1n) is 7.94. The summed E-state index contributed by atoms with van der Waals surface area (Å²) in [6, 6.07) is 9.89. The van der Waals surface area contributed by atoms with Gasteiger partial charge in [-0.1, -0.05) is 12.1 Å². The molecule has 5 nitrogen and oxygen atoms in total. The van der Waals surface area contributed by atoms with Crippen molar-refractivity contribution < 1.29 is 18.4 Å². The second kappa shape index (κ2) is 7.29. The summed E-state index contributed by atoms with van der Waals surface area (Å²) in [5, 5.41) is 2.83. The number of nitrogens with zero attached hydrogens (tertiary/aromatic N) is 1. The highest BCUT2D eigenvalue weighted by Gasteiger charge is 2.34. The largest absolute Gasteiger partial charge is 0.467 e. The first-order valence-corrected chi connectivity index (χ1v) is 7.94. The van der Waals surface area contributed by atoms with Gasteiger partial charge in [0, 0.05) is 19.5 Å². The van der Waals surface area contributed by atoms with Gasteiger partial charge in [0.1, 0.15) is 11.6 Å². The van der Waals surface area contributed by atoms with Crippen molar-refractivity contribution in [3.05, 3.63) is 59.8 Å². The fraction of sp³-hybridized carbons (Fsp3) is 0.333. The van der Waals surface area contributed by atoms with Crippen LogP contribution in [0.15, 0.2) is 47.1 Å². The van der Waals surface area contributed by atoms with Crippen molar-refractivity contribution in [2.24, 2.45) is 5.92 Å². The minimum absolute atomic E-state index is 0.0447. The van der Waals surface area contributed by atoms with Gasteiger partial charge < -0.3 is 14.6 Å². The maximum atomic E-state index is 13.1. The van der Waals surface area contributed by atoms with Crippen LogP contribution in [0.2, 0.25) is 0 Å². The normalized spacial score (nSPS) is 17.3. The van der Waals surface area contributed by atoms with E-state index in [9.17, 15) is 14.0 Å². The molecule has 1 aromatic carbocycles. The molecule has 1 atom stereocenters. The molecule has 1 aliphatic heterocycles. The van der Waals surface area contributed by atoms with E-state index in [1.807, 2.05) is 6.07 Å². The van der Waals surface area contributed by atoms with Gasteiger partial charge in [-0.25, -0.2) is 4.39 Å². The second-order valence-electron chi connectivity index (χ2n) is 5.93. The van der Waals surface area contributed by atoms with E-state index in [-0.39, 0.29) is 30.0 Å². The summed E-state index contributed by atoms with van der Waals surface area (Å²) in [5.74, 6) is -0.109. The number of carbonyl (C=O) groups is 2. The number of amides is 2. The topological polar surface area (TPSA) is 62.6 Å². The average Bonchev–Trinajstić information content (AvgIpc) is 3.18. The monoisotopic (exact) mass is 330 g/mol. The van der Waals surface area contributed by atoms with Gasteiger partial charge in [0.05, 0.1) is 18.7 Å². The number of carbonyl (C=O) groups excluding carboxylic acids is 2. The van der Waals surface area contributed by atoms with Crippen LogP contribution >= 0.6 is 0 Å². The first-order chi connectivity index (χ1) is 11.6. The van der Waals surface area contributed by atoms with E-state index in [0.717, 1.165) is 5.56 Å². The van der Waals surface area contributed by atoms with E-state index in [1.54, 1.807) is 29.4 Å². The minimum Gasteiger partial charge on any atom is -0.467 e. The molecule has 6 heteroatoms. The Balaban J connectivity index is 1.46. The second-order valence-corrected chi connectivity index (χ2v) is 5.93. The van der Waals surface area contributed by atoms with Crippen molar-refractivity contribution in [2.45, 2.75) is 19.4 Å². The quantitative estimate of drug-likeness (QED) is 0.882. The van der Waals surface area contributed by atoms with Gasteiger partial charge in [0.25, 0.3) is 0 Å². The zero-order chi connectivity index (χ0) is 16.9. The number of hydrogen-bond acceptors (Lipinski definition) is 3. The molecule has 24 heavy (non-hydrogen) atoms. The van der Waals surface area contributed by atoms with E-state index in [4.69, 9.17) is 4.42 Å². The van der Waals surface area contributed by atoms with E-state index in [2.05, 4.69) is 5.32 Å². The molecular formula is C18H19FN2O3. The van der Waals surface area contributed by atoms with Crippen LogP contribution in [-0.4, -0.2) is 29.8 Å². The lowest BCUT2D eigenvalue weighted by Gasteiger charge is -2.15. The van der Waals surface area contributed by atoms with Gasteiger partial charge >= 0.3 is 0 Å². The average molecular weight is 330 g/mol. The molecule has 0 saturated carbocycles. The summed E-state index contributed by atoms with van der Waals surface area (Å²) in [4.78, 5) is 25.9. The lowest BCUT2D eigenvalue weighted by molar-refractivity contribution is -0.129. The molecule has 1 aliphatic rings. The van der Waals surface area contributed by atoms with E-state index < -0.39 is 0 Å². The zero-order valence-corrected chi connectivity index (χ0v) is 13.2.